The van der Waals surface area contributed by atoms with E-state index < -0.39 is 0 Å². The van der Waals surface area contributed by atoms with Crippen molar-refractivity contribution >= 4 is 11.6 Å². The van der Waals surface area contributed by atoms with E-state index in [1.165, 1.54) is 5.56 Å². The molecular weight excluding hydrogens is 294 g/mol. The molecule has 4 heteroatoms. The zero-order valence-corrected chi connectivity index (χ0v) is 12.7. The van der Waals surface area contributed by atoms with Crippen LogP contribution in [0.4, 0.5) is 0 Å². The molecule has 0 saturated heterocycles. The Hall–Kier alpha value is -2.57. The molecule has 0 saturated carbocycles. The van der Waals surface area contributed by atoms with E-state index in [1.54, 1.807) is 18.3 Å². The molecule has 0 N–H and O–H groups in total. The summed E-state index contributed by atoms with van der Waals surface area (Å²) in [5, 5.41) is 13.8. The lowest BCUT2D eigenvalue weighted by Crippen LogP contribution is -2.01. The maximum atomic E-state index is 8.88. The largest absolute Gasteiger partial charge is 0.272 e. The van der Waals surface area contributed by atoms with Gasteiger partial charge in [0.1, 0.15) is 0 Å². The first kappa shape index (κ1) is 14.4. The summed E-state index contributed by atoms with van der Waals surface area (Å²) in [7, 11) is 0. The number of hydrogen-bond acceptors (Lipinski definition) is 2. The summed E-state index contributed by atoms with van der Waals surface area (Å²) < 4.78 is 1.91. The van der Waals surface area contributed by atoms with Crippen molar-refractivity contribution in [3.8, 4) is 17.2 Å². The van der Waals surface area contributed by atoms with Gasteiger partial charge in [0.25, 0.3) is 0 Å². The number of aromatic nitrogens is 2. The second-order valence-corrected chi connectivity index (χ2v) is 5.44. The minimum atomic E-state index is 0.560. The van der Waals surface area contributed by atoms with Crippen LogP contribution < -0.4 is 0 Å². The molecule has 0 unspecified atom stereocenters. The highest BCUT2D eigenvalue weighted by Crippen LogP contribution is 2.28. The number of nitrogens with zero attached hydrogens (tertiary/aromatic N) is 3. The number of hydrogen-bond donors (Lipinski definition) is 0. The fourth-order valence-corrected chi connectivity index (χ4v) is 2.62. The van der Waals surface area contributed by atoms with Crippen LogP contribution in [0.3, 0.4) is 0 Å². The van der Waals surface area contributed by atoms with E-state index in [0.717, 1.165) is 24.1 Å². The molecule has 1 heterocycles. The highest BCUT2D eigenvalue weighted by atomic mass is 35.5. The van der Waals surface area contributed by atoms with Gasteiger partial charge in [-0.1, -0.05) is 48.0 Å². The maximum Gasteiger partial charge on any atom is 0.0992 e. The monoisotopic (exact) mass is 307 g/mol. The van der Waals surface area contributed by atoms with Crippen LogP contribution in [0.1, 0.15) is 11.1 Å². The summed E-state index contributed by atoms with van der Waals surface area (Å²) in [5.74, 6) is 0. The van der Waals surface area contributed by atoms with Crippen LogP contribution in [0.5, 0.6) is 0 Å². The molecule has 108 valence electrons. The van der Waals surface area contributed by atoms with Gasteiger partial charge in [-0.3, -0.25) is 4.68 Å². The van der Waals surface area contributed by atoms with E-state index in [0.29, 0.717) is 10.6 Å². The smallest absolute Gasteiger partial charge is 0.0992 e. The standard InChI is InChI=1S/C18H14ClN3/c19-18-10-15(11-20)6-7-17(18)16-12-21-22(13-16)9-8-14-4-2-1-3-5-14/h1-7,10,12-13H,8-9H2. The van der Waals surface area contributed by atoms with Gasteiger partial charge in [0.2, 0.25) is 0 Å². The molecule has 1 aromatic heterocycles. The van der Waals surface area contributed by atoms with Crippen molar-refractivity contribution in [3.05, 3.63) is 77.1 Å². The first-order valence-electron chi connectivity index (χ1n) is 7.02. The van der Waals surface area contributed by atoms with Crippen LogP contribution in [-0.4, -0.2) is 9.78 Å². The van der Waals surface area contributed by atoms with Gasteiger partial charge >= 0.3 is 0 Å². The Bertz CT molecular complexity index is 816. The van der Waals surface area contributed by atoms with Crippen molar-refractivity contribution in [2.45, 2.75) is 13.0 Å². The predicted octanol–water partition coefficient (Wildman–Crippen LogP) is 4.32. The third kappa shape index (κ3) is 3.19. The molecule has 0 amide bonds. The molecule has 0 atom stereocenters. The fraction of sp³-hybridized carbons (Fsp3) is 0.111. The van der Waals surface area contributed by atoms with Gasteiger partial charge in [0.15, 0.2) is 0 Å². The normalized spacial score (nSPS) is 10.4. The van der Waals surface area contributed by atoms with Gasteiger partial charge in [-0.05, 0) is 24.1 Å². The van der Waals surface area contributed by atoms with Crippen molar-refractivity contribution < 1.29 is 0 Å². The molecule has 0 spiro atoms. The molecule has 0 aliphatic carbocycles. The molecule has 3 rings (SSSR count). The third-order valence-electron chi connectivity index (χ3n) is 3.51. The molecule has 3 nitrogen and oxygen atoms in total. The zero-order valence-electron chi connectivity index (χ0n) is 11.9. The van der Waals surface area contributed by atoms with Crippen molar-refractivity contribution in [1.29, 1.82) is 5.26 Å². The number of rotatable bonds is 4. The second-order valence-electron chi connectivity index (χ2n) is 5.03. The van der Waals surface area contributed by atoms with E-state index >= 15 is 0 Å². The predicted molar refractivity (Wildman–Crippen MR) is 87.5 cm³/mol. The van der Waals surface area contributed by atoms with E-state index in [4.69, 9.17) is 16.9 Å². The lowest BCUT2D eigenvalue weighted by Gasteiger charge is -2.03. The fourth-order valence-electron chi connectivity index (χ4n) is 2.33. The van der Waals surface area contributed by atoms with Gasteiger partial charge in [-0.15, -0.1) is 0 Å². The van der Waals surface area contributed by atoms with E-state index in [1.807, 2.05) is 35.1 Å². The number of nitriles is 1. The van der Waals surface area contributed by atoms with Gasteiger partial charge < -0.3 is 0 Å². The van der Waals surface area contributed by atoms with Crippen LogP contribution in [0.25, 0.3) is 11.1 Å². The Morgan fingerprint density at radius 2 is 1.95 bits per heavy atom. The Morgan fingerprint density at radius 1 is 1.14 bits per heavy atom. The molecular formula is C18H14ClN3. The van der Waals surface area contributed by atoms with Gasteiger partial charge in [0, 0.05) is 28.9 Å². The Balaban J connectivity index is 1.75. The molecule has 0 fully saturated rings. The topological polar surface area (TPSA) is 41.6 Å². The second kappa shape index (κ2) is 6.46. The highest BCUT2D eigenvalue weighted by molar-refractivity contribution is 6.33. The lowest BCUT2D eigenvalue weighted by atomic mass is 10.1. The lowest BCUT2D eigenvalue weighted by molar-refractivity contribution is 0.615. The Kier molecular flexibility index (Phi) is 4.22. The van der Waals surface area contributed by atoms with Gasteiger partial charge in [0.05, 0.1) is 17.8 Å². The summed E-state index contributed by atoms with van der Waals surface area (Å²) in [6.07, 6.45) is 4.72. The van der Waals surface area contributed by atoms with Crippen LogP contribution in [0.2, 0.25) is 5.02 Å². The van der Waals surface area contributed by atoms with Crippen molar-refractivity contribution in [2.75, 3.05) is 0 Å². The van der Waals surface area contributed by atoms with Gasteiger partial charge in [-0.2, -0.15) is 10.4 Å². The van der Waals surface area contributed by atoms with Crippen molar-refractivity contribution in [1.82, 2.24) is 9.78 Å². The van der Waals surface area contributed by atoms with Crippen LogP contribution in [0.15, 0.2) is 60.9 Å². The van der Waals surface area contributed by atoms with Crippen molar-refractivity contribution in [2.24, 2.45) is 0 Å². The maximum absolute atomic E-state index is 8.88. The van der Waals surface area contributed by atoms with Crippen LogP contribution in [0, 0.1) is 11.3 Å². The molecule has 3 aromatic rings. The molecule has 22 heavy (non-hydrogen) atoms. The molecule has 2 aromatic carbocycles. The summed E-state index contributed by atoms with van der Waals surface area (Å²) in [5.41, 5.74) is 3.70. The first-order chi connectivity index (χ1) is 10.8. The Morgan fingerprint density at radius 3 is 2.68 bits per heavy atom. The summed E-state index contributed by atoms with van der Waals surface area (Å²) in [6.45, 7) is 0.817. The number of benzene rings is 2. The Labute approximate surface area is 134 Å². The van der Waals surface area contributed by atoms with Crippen molar-refractivity contribution in [3.63, 3.8) is 0 Å². The molecule has 0 aliphatic rings. The van der Waals surface area contributed by atoms with E-state index in [-0.39, 0.29) is 0 Å². The van der Waals surface area contributed by atoms with Crippen LogP contribution in [-0.2, 0) is 13.0 Å². The third-order valence-corrected chi connectivity index (χ3v) is 3.83. The average Bonchev–Trinajstić information content (AvgIpc) is 3.02. The van der Waals surface area contributed by atoms with Gasteiger partial charge in [-0.25, -0.2) is 0 Å². The first-order valence-corrected chi connectivity index (χ1v) is 7.40. The minimum Gasteiger partial charge on any atom is -0.272 e. The summed E-state index contributed by atoms with van der Waals surface area (Å²) in [4.78, 5) is 0. The van der Waals surface area contributed by atoms with E-state index in [2.05, 4.69) is 23.3 Å². The summed E-state index contributed by atoms with van der Waals surface area (Å²) in [6, 6.07) is 17.7. The average molecular weight is 308 g/mol. The zero-order chi connectivity index (χ0) is 15.4. The highest BCUT2D eigenvalue weighted by Gasteiger charge is 2.07. The molecule has 0 aliphatic heterocycles. The summed E-state index contributed by atoms with van der Waals surface area (Å²) >= 11 is 6.24. The SMILES string of the molecule is N#Cc1ccc(-c2cnn(CCc3ccccc3)c2)c(Cl)c1. The van der Waals surface area contributed by atoms with Crippen LogP contribution >= 0.6 is 11.6 Å². The molecule has 0 radical (unpaired) electrons. The molecule has 0 bridgehead atoms. The quantitative estimate of drug-likeness (QED) is 0.720. The van der Waals surface area contributed by atoms with E-state index in [9.17, 15) is 0 Å². The number of aryl methyl sites for hydroxylation is 2. The minimum absolute atomic E-state index is 0.560. The number of halogens is 1.